The van der Waals surface area contributed by atoms with Gasteiger partial charge in [0, 0.05) is 23.2 Å². The number of nitro groups is 1. The minimum atomic E-state index is -0.473. The van der Waals surface area contributed by atoms with E-state index >= 15 is 0 Å². The van der Waals surface area contributed by atoms with E-state index in [0.29, 0.717) is 22.7 Å². The number of rotatable bonds is 4. The Morgan fingerprint density at radius 1 is 1.03 bits per heavy atom. The first-order valence-electron chi connectivity index (χ1n) is 9.05. The second-order valence-electron chi connectivity index (χ2n) is 6.72. The van der Waals surface area contributed by atoms with Crippen molar-refractivity contribution in [2.45, 2.75) is 13.8 Å². The van der Waals surface area contributed by atoms with Gasteiger partial charge >= 0.3 is 0 Å². The summed E-state index contributed by atoms with van der Waals surface area (Å²) in [6.07, 6.45) is 0. The highest BCUT2D eigenvalue weighted by atomic mass is 16.6. The summed E-state index contributed by atoms with van der Waals surface area (Å²) >= 11 is 0. The van der Waals surface area contributed by atoms with Gasteiger partial charge in [-0.3, -0.25) is 25.0 Å². The molecule has 0 aliphatic heterocycles. The van der Waals surface area contributed by atoms with Gasteiger partial charge in [0.1, 0.15) is 0 Å². The van der Waals surface area contributed by atoms with Crippen molar-refractivity contribution in [1.82, 2.24) is 9.78 Å². The first kappa shape index (κ1) is 18.4. The third-order valence-electron chi connectivity index (χ3n) is 4.81. The molecule has 144 valence electrons. The molecule has 0 bridgehead atoms. The summed E-state index contributed by atoms with van der Waals surface area (Å²) in [5.74, 6) is 0. The number of aryl methyl sites for hydroxylation is 1. The van der Waals surface area contributed by atoms with Crippen LogP contribution < -0.4 is 5.56 Å². The molecule has 0 saturated heterocycles. The lowest BCUT2D eigenvalue weighted by Crippen LogP contribution is -2.19. The number of non-ortho nitro benzene ring substituents is 1. The van der Waals surface area contributed by atoms with Crippen LogP contribution in [-0.2, 0) is 0 Å². The van der Waals surface area contributed by atoms with Crippen molar-refractivity contribution in [3.05, 3.63) is 98.5 Å². The molecule has 0 amide bonds. The van der Waals surface area contributed by atoms with Crippen molar-refractivity contribution in [1.29, 1.82) is 0 Å². The van der Waals surface area contributed by atoms with Crippen LogP contribution in [0.5, 0.6) is 0 Å². The number of fused-ring (bicyclic) bond motifs is 1. The predicted octanol–water partition coefficient (Wildman–Crippen LogP) is 4.68. The van der Waals surface area contributed by atoms with E-state index in [0.717, 1.165) is 16.5 Å². The minimum absolute atomic E-state index is 0.0287. The van der Waals surface area contributed by atoms with Gasteiger partial charge in [-0.15, -0.1) is 0 Å². The fourth-order valence-electron chi connectivity index (χ4n) is 3.42. The molecular weight excluding hydrogens is 368 g/mol. The summed E-state index contributed by atoms with van der Waals surface area (Å²) in [6.45, 7) is 3.61. The quantitative estimate of drug-likeness (QED) is 0.314. The van der Waals surface area contributed by atoms with Crippen LogP contribution in [0.25, 0.3) is 16.5 Å². The fraction of sp³-hybridized carbons (Fsp3) is 0.0909. The molecule has 1 N–H and O–H groups in total. The zero-order valence-electron chi connectivity index (χ0n) is 15.9. The number of aliphatic imine (C=N–C) groups is 1. The molecule has 1 heterocycles. The molecular formula is C22H18N4O3. The summed E-state index contributed by atoms with van der Waals surface area (Å²) in [5, 5.41) is 16.0. The Labute approximate surface area is 166 Å². The molecule has 0 aliphatic rings. The number of nitrogens with zero attached hydrogens (tertiary/aromatic N) is 3. The van der Waals surface area contributed by atoms with Crippen molar-refractivity contribution in [3.8, 4) is 5.69 Å². The number of H-pyrrole nitrogens is 1. The van der Waals surface area contributed by atoms with Gasteiger partial charge in [-0.2, -0.15) is 0 Å². The first-order valence-corrected chi connectivity index (χ1v) is 9.05. The summed E-state index contributed by atoms with van der Waals surface area (Å²) in [6, 6.07) is 19.6. The fourth-order valence-corrected chi connectivity index (χ4v) is 3.42. The molecule has 0 unspecified atom stereocenters. The van der Waals surface area contributed by atoms with Crippen LogP contribution in [0.4, 0.5) is 11.4 Å². The average Bonchev–Trinajstić information content (AvgIpc) is 3.02. The monoisotopic (exact) mass is 386 g/mol. The van der Waals surface area contributed by atoms with Gasteiger partial charge in [0.2, 0.25) is 0 Å². The summed E-state index contributed by atoms with van der Waals surface area (Å²) in [5.41, 5.74) is 2.79. The molecule has 29 heavy (non-hydrogen) atoms. The Morgan fingerprint density at radius 3 is 2.45 bits per heavy atom. The normalized spacial score (nSPS) is 11.7. The summed E-state index contributed by atoms with van der Waals surface area (Å²) in [4.78, 5) is 28.1. The smallest absolute Gasteiger partial charge is 0.280 e. The highest BCUT2D eigenvalue weighted by Gasteiger charge is 2.16. The van der Waals surface area contributed by atoms with E-state index in [2.05, 4.69) is 5.10 Å². The highest BCUT2D eigenvalue weighted by Crippen LogP contribution is 2.26. The van der Waals surface area contributed by atoms with Gasteiger partial charge in [0.25, 0.3) is 11.2 Å². The van der Waals surface area contributed by atoms with Crippen LogP contribution in [0.15, 0.2) is 76.5 Å². The molecule has 0 radical (unpaired) electrons. The molecule has 0 saturated carbocycles. The lowest BCUT2D eigenvalue weighted by Gasteiger charge is -2.03. The average molecular weight is 386 g/mol. The lowest BCUT2D eigenvalue weighted by atomic mass is 10.1. The zero-order valence-corrected chi connectivity index (χ0v) is 15.9. The first-order chi connectivity index (χ1) is 14.0. The van der Waals surface area contributed by atoms with Crippen molar-refractivity contribution >= 4 is 27.9 Å². The third-order valence-corrected chi connectivity index (χ3v) is 4.81. The van der Waals surface area contributed by atoms with Crippen molar-refractivity contribution in [3.63, 3.8) is 0 Å². The maximum Gasteiger partial charge on any atom is 0.280 e. The van der Waals surface area contributed by atoms with E-state index in [-0.39, 0.29) is 11.2 Å². The van der Waals surface area contributed by atoms with Gasteiger partial charge in [0.15, 0.2) is 0 Å². The Balaban J connectivity index is 1.78. The van der Waals surface area contributed by atoms with E-state index in [9.17, 15) is 14.9 Å². The molecule has 4 rings (SSSR count). The lowest BCUT2D eigenvalue weighted by molar-refractivity contribution is -0.384. The number of nitrogens with one attached hydrogen (secondary N) is 1. The van der Waals surface area contributed by atoms with E-state index in [4.69, 9.17) is 4.99 Å². The van der Waals surface area contributed by atoms with Crippen LogP contribution in [0.1, 0.15) is 18.2 Å². The molecule has 0 atom stereocenters. The Morgan fingerprint density at radius 2 is 1.72 bits per heavy atom. The van der Waals surface area contributed by atoms with Crippen molar-refractivity contribution in [2.75, 3.05) is 0 Å². The molecule has 7 nitrogen and oxygen atoms in total. The van der Waals surface area contributed by atoms with E-state index in [1.807, 2.05) is 42.5 Å². The highest BCUT2D eigenvalue weighted by molar-refractivity contribution is 6.03. The van der Waals surface area contributed by atoms with Crippen LogP contribution in [0.3, 0.4) is 0 Å². The predicted molar refractivity (Wildman–Crippen MR) is 114 cm³/mol. The Hall–Kier alpha value is -4.00. The van der Waals surface area contributed by atoms with Gasteiger partial charge in [-0.1, -0.05) is 36.4 Å². The van der Waals surface area contributed by atoms with Crippen LogP contribution in [-0.4, -0.2) is 20.4 Å². The largest absolute Gasteiger partial charge is 0.295 e. The number of aromatic amines is 1. The molecule has 3 aromatic carbocycles. The molecule has 1 aromatic heterocycles. The number of nitro benzene ring substituents is 1. The van der Waals surface area contributed by atoms with Crippen LogP contribution in [0, 0.1) is 17.0 Å². The van der Waals surface area contributed by atoms with Crippen LogP contribution in [0.2, 0.25) is 0 Å². The Kier molecular flexibility index (Phi) is 4.56. The maximum atomic E-state index is 13.0. The second-order valence-corrected chi connectivity index (χ2v) is 6.72. The van der Waals surface area contributed by atoms with Gasteiger partial charge in [0.05, 0.1) is 27.6 Å². The van der Waals surface area contributed by atoms with E-state index in [1.165, 1.54) is 28.9 Å². The SMILES string of the molecule is CC(=Nc1cccc2ccccc12)c1c(C)[nH]n(-c2ccc([N+](=O)[O-])cc2)c1=O. The van der Waals surface area contributed by atoms with E-state index < -0.39 is 4.92 Å². The molecule has 0 spiro atoms. The number of aromatic nitrogens is 2. The van der Waals surface area contributed by atoms with Gasteiger partial charge in [-0.25, -0.2) is 4.68 Å². The molecule has 0 aliphatic carbocycles. The Bertz CT molecular complexity index is 1310. The van der Waals surface area contributed by atoms with Crippen molar-refractivity contribution < 1.29 is 4.92 Å². The van der Waals surface area contributed by atoms with Gasteiger partial charge < -0.3 is 0 Å². The number of benzene rings is 3. The van der Waals surface area contributed by atoms with Crippen LogP contribution >= 0.6 is 0 Å². The number of hydrogen-bond acceptors (Lipinski definition) is 4. The number of hydrogen-bond donors (Lipinski definition) is 1. The van der Waals surface area contributed by atoms with Crippen molar-refractivity contribution in [2.24, 2.45) is 4.99 Å². The standard InChI is InChI=1S/C22H18N4O3/c1-14(23-20-9-5-7-16-6-3-4-8-19(16)20)21-15(2)24-25(22(21)27)17-10-12-18(13-11-17)26(28)29/h3-13,24H,1-2H3. The molecule has 4 aromatic rings. The summed E-state index contributed by atoms with van der Waals surface area (Å²) in [7, 11) is 0. The maximum absolute atomic E-state index is 13.0. The third kappa shape index (κ3) is 3.34. The topological polar surface area (TPSA) is 93.3 Å². The summed E-state index contributed by atoms with van der Waals surface area (Å²) < 4.78 is 1.37. The minimum Gasteiger partial charge on any atom is -0.295 e. The second kappa shape index (κ2) is 7.20. The molecule has 7 heteroatoms. The zero-order chi connectivity index (χ0) is 20.5. The van der Waals surface area contributed by atoms with Gasteiger partial charge in [-0.05, 0) is 37.4 Å². The van der Waals surface area contributed by atoms with E-state index in [1.54, 1.807) is 13.8 Å². The molecule has 0 fully saturated rings.